The summed E-state index contributed by atoms with van der Waals surface area (Å²) < 4.78 is 7.32. The minimum absolute atomic E-state index is 0.134. The van der Waals surface area contributed by atoms with Crippen molar-refractivity contribution in [3.63, 3.8) is 0 Å². The normalized spacial score (nSPS) is 11.5. The van der Waals surface area contributed by atoms with Crippen LogP contribution in [-0.4, -0.2) is 40.2 Å². The summed E-state index contributed by atoms with van der Waals surface area (Å²) in [6, 6.07) is 50.4. The first kappa shape index (κ1) is 29.7. The third-order valence-corrected chi connectivity index (χ3v) is 14.5. The van der Waals surface area contributed by atoms with Crippen LogP contribution in [0.5, 0.6) is 0 Å². The summed E-state index contributed by atoms with van der Waals surface area (Å²) in [6.45, 7) is 0. The number of carbonyl (C=O) groups is 2. The average molecular weight is 623 g/mol. The molecule has 0 aliphatic heterocycles. The van der Waals surface area contributed by atoms with E-state index in [0.29, 0.717) is 22.3 Å². The summed E-state index contributed by atoms with van der Waals surface area (Å²) in [6.07, 6.45) is 0. The first-order valence-corrected chi connectivity index (χ1v) is 17.8. The molecule has 45 heavy (non-hydrogen) atoms. The van der Waals surface area contributed by atoms with Crippen LogP contribution >= 0.6 is 0 Å². The Morgan fingerprint density at radius 2 is 0.911 bits per heavy atom. The molecule has 6 rings (SSSR count). The van der Waals surface area contributed by atoms with Gasteiger partial charge in [0.15, 0.2) is 9.76 Å². The standard InChI is InChI=1S/C38H30O5Si2/c39-37(40)34-22-12-10-20-31(34)33-25-24-30(26-36(33)32-21-11-13-23-35(32)38(41)42)45(28-16-6-2-7-17-28,29-18-8-3-9-19-29)43-44-27-14-4-1-5-15-27/h1-26H,44H2,(H,39,40)(H,41,42). The number of benzene rings is 6. The summed E-state index contributed by atoms with van der Waals surface area (Å²) in [7, 11) is -4.41. The van der Waals surface area contributed by atoms with E-state index in [2.05, 4.69) is 36.4 Å². The fourth-order valence-corrected chi connectivity index (χ4v) is 12.9. The number of carboxylic acid groups (broad SMARTS) is 2. The van der Waals surface area contributed by atoms with E-state index < -0.39 is 30.0 Å². The summed E-state index contributed by atoms with van der Waals surface area (Å²) >= 11 is 0. The Morgan fingerprint density at radius 1 is 0.467 bits per heavy atom. The van der Waals surface area contributed by atoms with Gasteiger partial charge < -0.3 is 14.3 Å². The van der Waals surface area contributed by atoms with Crippen LogP contribution in [0.25, 0.3) is 22.3 Å². The van der Waals surface area contributed by atoms with Crippen LogP contribution in [0.3, 0.4) is 0 Å². The van der Waals surface area contributed by atoms with Crippen molar-refractivity contribution in [2.75, 3.05) is 0 Å². The highest BCUT2D eigenvalue weighted by atomic mass is 28.4. The van der Waals surface area contributed by atoms with Gasteiger partial charge in [0.2, 0.25) is 0 Å². The van der Waals surface area contributed by atoms with Gasteiger partial charge in [-0.05, 0) is 55.1 Å². The van der Waals surface area contributed by atoms with Crippen molar-refractivity contribution in [1.82, 2.24) is 0 Å². The number of aromatic carboxylic acids is 2. The van der Waals surface area contributed by atoms with Gasteiger partial charge in [-0.25, -0.2) is 9.59 Å². The van der Waals surface area contributed by atoms with Gasteiger partial charge in [0.25, 0.3) is 8.32 Å². The Balaban J connectivity index is 1.68. The van der Waals surface area contributed by atoms with Crippen LogP contribution in [0.1, 0.15) is 20.7 Å². The Labute approximate surface area is 265 Å². The SMILES string of the molecule is O=C(O)c1ccccc1-c1ccc([Si](O[SiH2]c2ccccc2)(c2ccccc2)c2ccccc2)cc1-c1ccccc1C(=O)O. The molecule has 7 heteroatoms. The smallest absolute Gasteiger partial charge is 0.336 e. The first-order chi connectivity index (χ1) is 22.0. The highest BCUT2D eigenvalue weighted by molar-refractivity contribution is 7.09. The molecule has 0 saturated heterocycles. The van der Waals surface area contributed by atoms with Crippen molar-refractivity contribution in [1.29, 1.82) is 0 Å². The van der Waals surface area contributed by atoms with E-state index in [-0.39, 0.29) is 11.1 Å². The molecule has 0 radical (unpaired) electrons. The van der Waals surface area contributed by atoms with Crippen molar-refractivity contribution in [2.24, 2.45) is 0 Å². The number of hydrogen-bond acceptors (Lipinski definition) is 3. The number of rotatable bonds is 10. The second-order valence-electron chi connectivity index (χ2n) is 10.6. The molecule has 0 aromatic heterocycles. The van der Waals surface area contributed by atoms with Crippen molar-refractivity contribution < 1.29 is 23.9 Å². The maximum absolute atomic E-state index is 12.5. The zero-order valence-corrected chi connectivity index (χ0v) is 26.8. The van der Waals surface area contributed by atoms with Gasteiger partial charge >= 0.3 is 11.9 Å². The van der Waals surface area contributed by atoms with Crippen molar-refractivity contribution in [2.45, 2.75) is 0 Å². The molecule has 0 heterocycles. The summed E-state index contributed by atoms with van der Waals surface area (Å²) in [5.74, 6) is -2.11. The molecular formula is C38H30O5Si2. The van der Waals surface area contributed by atoms with Gasteiger partial charge in [-0.2, -0.15) is 0 Å². The van der Waals surface area contributed by atoms with E-state index in [4.69, 9.17) is 4.12 Å². The molecule has 0 spiro atoms. The molecule has 0 amide bonds. The quantitative estimate of drug-likeness (QED) is 0.169. The van der Waals surface area contributed by atoms with Crippen LogP contribution < -0.4 is 20.7 Å². The van der Waals surface area contributed by atoms with E-state index in [1.165, 1.54) is 5.19 Å². The van der Waals surface area contributed by atoms with Crippen LogP contribution in [-0.2, 0) is 4.12 Å². The highest BCUT2D eigenvalue weighted by Gasteiger charge is 2.42. The molecule has 0 aliphatic carbocycles. The minimum Gasteiger partial charge on any atom is -0.478 e. The molecule has 0 atom stereocenters. The van der Waals surface area contributed by atoms with E-state index >= 15 is 0 Å². The highest BCUT2D eigenvalue weighted by Crippen LogP contribution is 2.36. The maximum Gasteiger partial charge on any atom is 0.336 e. The fourth-order valence-electron chi connectivity index (χ4n) is 5.89. The van der Waals surface area contributed by atoms with E-state index in [1.807, 2.05) is 72.8 Å². The molecular weight excluding hydrogens is 593 g/mol. The maximum atomic E-state index is 12.5. The second kappa shape index (κ2) is 13.1. The van der Waals surface area contributed by atoms with Crippen molar-refractivity contribution >= 4 is 50.8 Å². The predicted molar refractivity (Wildman–Crippen MR) is 184 cm³/mol. The lowest BCUT2D eigenvalue weighted by atomic mass is 9.90. The summed E-state index contributed by atoms with van der Waals surface area (Å²) in [5, 5.41) is 24.6. The molecule has 2 N–H and O–H groups in total. The van der Waals surface area contributed by atoms with E-state index in [0.717, 1.165) is 15.6 Å². The molecule has 6 aromatic carbocycles. The zero-order valence-electron chi connectivity index (χ0n) is 24.3. The fraction of sp³-hybridized carbons (Fsp3) is 0. The van der Waals surface area contributed by atoms with E-state index in [9.17, 15) is 19.8 Å². The Bertz CT molecular complexity index is 1920. The van der Waals surface area contributed by atoms with Gasteiger partial charge in [0.1, 0.15) is 0 Å². The number of hydrogen-bond donors (Lipinski definition) is 2. The van der Waals surface area contributed by atoms with Crippen LogP contribution in [0, 0.1) is 0 Å². The van der Waals surface area contributed by atoms with Crippen molar-refractivity contribution in [3.8, 4) is 22.3 Å². The third kappa shape index (κ3) is 5.92. The summed E-state index contributed by atoms with van der Waals surface area (Å²) in [4.78, 5) is 24.8. The molecule has 0 aliphatic rings. The lowest BCUT2D eigenvalue weighted by Gasteiger charge is -2.34. The second-order valence-corrected chi connectivity index (χ2v) is 16.0. The molecule has 6 aromatic rings. The third-order valence-electron chi connectivity index (χ3n) is 7.98. The molecule has 0 saturated carbocycles. The van der Waals surface area contributed by atoms with Gasteiger partial charge in [-0.15, -0.1) is 0 Å². The number of carboxylic acids is 2. The van der Waals surface area contributed by atoms with Crippen LogP contribution in [0.15, 0.2) is 158 Å². The first-order valence-electron chi connectivity index (χ1n) is 14.6. The summed E-state index contributed by atoms with van der Waals surface area (Å²) in [5.41, 5.74) is 2.56. The molecule has 220 valence electrons. The molecule has 5 nitrogen and oxygen atoms in total. The molecule has 0 bridgehead atoms. The van der Waals surface area contributed by atoms with Gasteiger partial charge in [0.05, 0.1) is 11.1 Å². The van der Waals surface area contributed by atoms with E-state index in [1.54, 1.807) is 48.5 Å². The lowest BCUT2D eigenvalue weighted by molar-refractivity contribution is 0.0686. The molecule has 0 unspecified atom stereocenters. The Kier molecular flexibility index (Phi) is 8.66. The minimum atomic E-state index is -3.18. The Morgan fingerprint density at radius 3 is 1.42 bits per heavy atom. The van der Waals surface area contributed by atoms with Crippen molar-refractivity contribution in [3.05, 3.63) is 169 Å². The topological polar surface area (TPSA) is 83.8 Å². The Hall–Kier alpha value is -5.35. The molecule has 0 fully saturated rings. The van der Waals surface area contributed by atoms with Gasteiger partial charge in [-0.1, -0.05) is 146 Å². The lowest BCUT2D eigenvalue weighted by Crippen LogP contribution is -2.70. The van der Waals surface area contributed by atoms with Gasteiger partial charge in [0, 0.05) is 0 Å². The largest absolute Gasteiger partial charge is 0.478 e. The van der Waals surface area contributed by atoms with Crippen LogP contribution in [0.4, 0.5) is 0 Å². The monoisotopic (exact) mass is 622 g/mol. The van der Waals surface area contributed by atoms with Gasteiger partial charge in [-0.3, -0.25) is 0 Å². The zero-order chi connectivity index (χ0) is 31.2. The average Bonchev–Trinajstić information content (AvgIpc) is 3.10. The van der Waals surface area contributed by atoms with Crippen LogP contribution in [0.2, 0.25) is 0 Å². The predicted octanol–water partition coefficient (Wildman–Crippen LogP) is 4.81.